The number of nitrogens with zero attached hydrogens (tertiary/aromatic N) is 2. The third-order valence-electron chi connectivity index (χ3n) is 6.24. The van der Waals surface area contributed by atoms with Crippen LogP contribution >= 0.6 is 0 Å². The molecular formula is C21H32N4O3. The molecule has 2 aliphatic heterocycles. The number of nitrogens with one attached hydrogen (secondary N) is 2. The lowest BCUT2D eigenvalue weighted by atomic mass is 10.1. The van der Waals surface area contributed by atoms with Crippen molar-refractivity contribution >= 4 is 11.8 Å². The zero-order valence-electron chi connectivity index (χ0n) is 16.7. The highest BCUT2D eigenvalue weighted by molar-refractivity contribution is 5.97. The van der Waals surface area contributed by atoms with Gasteiger partial charge >= 0.3 is 0 Å². The van der Waals surface area contributed by atoms with Gasteiger partial charge in [0.2, 0.25) is 0 Å². The third kappa shape index (κ3) is 4.40. The van der Waals surface area contributed by atoms with Gasteiger partial charge < -0.3 is 19.9 Å². The molecule has 2 fully saturated rings. The van der Waals surface area contributed by atoms with E-state index >= 15 is 0 Å². The Morgan fingerprint density at radius 2 is 1.82 bits per heavy atom. The minimum Gasteiger partial charge on any atom is -0.376 e. The molecule has 28 heavy (non-hydrogen) atoms. The van der Waals surface area contributed by atoms with E-state index in [1.807, 2.05) is 4.57 Å². The molecule has 3 heterocycles. The van der Waals surface area contributed by atoms with Crippen LogP contribution in [0.5, 0.6) is 0 Å². The van der Waals surface area contributed by atoms with Gasteiger partial charge in [0.25, 0.3) is 11.8 Å². The molecule has 0 radical (unpaired) electrons. The van der Waals surface area contributed by atoms with Gasteiger partial charge in [-0.3, -0.25) is 9.59 Å². The number of rotatable bonds is 5. The van der Waals surface area contributed by atoms with Gasteiger partial charge in [-0.1, -0.05) is 25.7 Å². The highest BCUT2D eigenvalue weighted by Gasteiger charge is 2.29. The molecule has 1 atom stereocenters. The Morgan fingerprint density at radius 3 is 2.57 bits per heavy atom. The fraction of sp³-hybridized carbons (Fsp3) is 0.762. The first-order valence-corrected chi connectivity index (χ1v) is 11.0. The number of fused-ring (bicyclic) bond motifs is 1. The van der Waals surface area contributed by atoms with Crippen LogP contribution in [0, 0.1) is 0 Å². The molecular weight excluding hydrogens is 356 g/mol. The van der Waals surface area contributed by atoms with Crippen molar-refractivity contribution in [1.29, 1.82) is 0 Å². The van der Waals surface area contributed by atoms with Crippen LogP contribution in [0.15, 0.2) is 0 Å². The van der Waals surface area contributed by atoms with Crippen molar-refractivity contribution < 1.29 is 14.3 Å². The van der Waals surface area contributed by atoms with Crippen LogP contribution in [0.25, 0.3) is 0 Å². The third-order valence-corrected chi connectivity index (χ3v) is 6.24. The van der Waals surface area contributed by atoms with Gasteiger partial charge in [0.1, 0.15) is 5.69 Å². The molecule has 1 saturated carbocycles. The molecule has 0 aromatic carbocycles. The van der Waals surface area contributed by atoms with E-state index in [2.05, 4.69) is 15.6 Å². The average Bonchev–Trinajstić information content (AvgIpc) is 3.29. The van der Waals surface area contributed by atoms with Gasteiger partial charge in [0, 0.05) is 25.7 Å². The number of hydrogen-bond donors (Lipinski definition) is 2. The van der Waals surface area contributed by atoms with Crippen molar-refractivity contribution in [1.82, 2.24) is 20.2 Å². The number of amides is 2. The van der Waals surface area contributed by atoms with Crippen LogP contribution in [0.4, 0.5) is 0 Å². The predicted octanol–water partition coefficient (Wildman–Crippen LogP) is 2.58. The summed E-state index contributed by atoms with van der Waals surface area (Å²) in [6.07, 6.45) is 11.9. The standard InChI is InChI=1S/C21H32N4O3/c26-20(22-14-16-10-7-13-28-16)18-17-11-5-6-12-25(17)19(24-18)21(27)23-15-8-3-1-2-4-9-15/h15-16H,1-14H2,(H,22,26)(H,23,27). The quantitative estimate of drug-likeness (QED) is 0.759. The van der Waals surface area contributed by atoms with Gasteiger partial charge in [0.15, 0.2) is 5.82 Å². The maximum Gasteiger partial charge on any atom is 0.287 e. The van der Waals surface area contributed by atoms with Crippen molar-refractivity contribution in [2.45, 2.75) is 89.3 Å². The van der Waals surface area contributed by atoms with Gasteiger partial charge in [0.05, 0.1) is 11.8 Å². The SMILES string of the molecule is O=C(NCC1CCCO1)c1nc(C(=O)NC2CCCCCC2)n2c1CCCC2. The van der Waals surface area contributed by atoms with Gasteiger partial charge in [-0.15, -0.1) is 0 Å². The van der Waals surface area contributed by atoms with E-state index in [-0.39, 0.29) is 24.0 Å². The van der Waals surface area contributed by atoms with Crippen molar-refractivity contribution in [2.75, 3.05) is 13.2 Å². The molecule has 0 bridgehead atoms. The van der Waals surface area contributed by atoms with Crippen LogP contribution in [-0.2, 0) is 17.7 Å². The lowest BCUT2D eigenvalue weighted by Gasteiger charge is -2.19. The molecule has 1 aromatic heterocycles. The molecule has 4 rings (SSSR count). The Morgan fingerprint density at radius 1 is 1.00 bits per heavy atom. The Balaban J connectivity index is 1.47. The molecule has 1 saturated heterocycles. The monoisotopic (exact) mass is 388 g/mol. The van der Waals surface area contributed by atoms with Crippen LogP contribution < -0.4 is 10.6 Å². The van der Waals surface area contributed by atoms with Crippen LogP contribution in [0.1, 0.15) is 91.0 Å². The van der Waals surface area contributed by atoms with Crippen LogP contribution in [0.3, 0.4) is 0 Å². The second kappa shape index (κ2) is 9.07. The fourth-order valence-electron chi connectivity index (χ4n) is 4.67. The maximum atomic E-state index is 13.0. The van der Waals surface area contributed by atoms with E-state index in [1.165, 1.54) is 25.7 Å². The van der Waals surface area contributed by atoms with Crippen LogP contribution in [0.2, 0.25) is 0 Å². The van der Waals surface area contributed by atoms with Gasteiger partial charge in [-0.05, 0) is 44.9 Å². The predicted molar refractivity (Wildman–Crippen MR) is 105 cm³/mol. The zero-order valence-corrected chi connectivity index (χ0v) is 16.7. The van der Waals surface area contributed by atoms with E-state index < -0.39 is 0 Å². The van der Waals surface area contributed by atoms with Crippen molar-refractivity contribution in [2.24, 2.45) is 0 Å². The zero-order chi connectivity index (χ0) is 19.3. The Kier molecular flexibility index (Phi) is 6.29. The summed E-state index contributed by atoms with van der Waals surface area (Å²) in [4.78, 5) is 30.2. The number of aromatic nitrogens is 2. The molecule has 7 nitrogen and oxygen atoms in total. The lowest BCUT2D eigenvalue weighted by Crippen LogP contribution is -2.36. The molecule has 1 aromatic rings. The first kappa shape index (κ1) is 19.4. The summed E-state index contributed by atoms with van der Waals surface area (Å²) in [5.41, 5.74) is 1.32. The number of carbonyl (C=O) groups is 2. The van der Waals surface area contributed by atoms with Crippen molar-refractivity contribution in [3.63, 3.8) is 0 Å². The van der Waals surface area contributed by atoms with Crippen molar-refractivity contribution in [3.8, 4) is 0 Å². The minimum absolute atomic E-state index is 0.0976. The summed E-state index contributed by atoms with van der Waals surface area (Å²) in [5, 5.41) is 6.14. The number of hydrogen-bond acceptors (Lipinski definition) is 4. The maximum absolute atomic E-state index is 13.0. The Hall–Kier alpha value is -1.89. The van der Waals surface area contributed by atoms with Gasteiger partial charge in [-0.2, -0.15) is 0 Å². The molecule has 1 aliphatic carbocycles. The van der Waals surface area contributed by atoms with E-state index in [4.69, 9.17) is 4.74 Å². The Labute approximate surface area is 166 Å². The molecule has 154 valence electrons. The summed E-state index contributed by atoms with van der Waals surface area (Å²) in [7, 11) is 0. The van der Waals surface area contributed by atoms with Crippen LogP contribution in [-0.4, -0.2) is 46.7 Å². The molecule has 1 unspecified atom stereocenters. The summed E-state index contributed by atoms with van der Waals surface area (Å²) in [5.74, 6) is 0.0871. The van der Waals surface area contributed by atoms with Crippen molar-refractivity contribution in [3.05, 3.63) is 17.2 Å². The summed E-state index contributed by atoms with van der Waals surface area (Å²) in [6, 6.07) is 0.225. The first-order valence-electron chi connectivity index (χ1n) is 11.0. The minimum atomic E-state index is -0.185. The number of imidazole rings is 1. The number of carbonyl (C=O) groups excluding carboxylic acids is 2. The summed E-state index contributed by atoms with van der Waals surface area (Å²) < 4.78 is 7.55. The first-order chi connectivity index (χ1) is 13.7. The molecule has 3 aliphatic rings. The second-order valence-corrected chi connectivity index (χ2v) is 8.35. The fourth-order valence-corrected chi connectivity index (χ4v) is 4.67. The smallest absolute Gasteiger partial charge is 0.287 e. The normalized spacial score (nSPS) is 23.1. The molecule has 2 amide bonds. The Bertz CT molecular complexity index is 701. The van der Waals surface area contributed by atoms with E-state index in [0.29, 0.717) is 18.1 Å². The average molecular weight is 389 g/mol. The topological polar surface area (TPSA) is 85.2 Å². The van der Waals surface area contributed by atoms with E-state index in [0.717, 1.165) is 63.8 Å². The van der Waals surface area contributed by atoms with E-state index in [9.17, 15) is 9.59 Å². The lowest BCUT2D eigenvalue weighted by molar-refractivity contribution is 0.0853. The number of ether oxygens (including phenoxy) is 1. The molecule has 0 spiro atoms. The van der Waals surface area contributed by atoms with Gasteiger partial charge in [-0.25, -0.2) is 4.98 Å². The summed E-state index contributed by atoms with van der Waals surface area (Å²) >= 11 is 0. The highest BCUT2D eigenvalue weighted by atomic mass is 16.5. The summed E-state index contributed by atoms with van der Waals surface area (Å²) in [6.45, 7) is 2.04. The molecule has 7 heteroatoms. The second-order valence-electron chi connectivity index (χ2n) is 8.35. The molecule has 2 N–H and O–H groups in total. The van der Waals surface area contributed by atoms with E-state index in [1.54, 1.807) is 0 Å². The largest absolute Gasteiger partial charge is 0.376 e. The highest BCUT2D eigenvalue weighted by Crippen LogP contribution is 2.23.